The molecule has 2 aromatic rings. The molecule has 0 bridgehead atoms. The zero-order chi connectivity index (χ0) is 22.7. The normalized spacial score (nSPS) is 23.3. The predicted octanol–water partition coefficient (Wildman–Crippen LogP) is 4.50. The van der Waals surface area contributed by atoms with Crippen molar-refractivity contribution in [2.24, 2.45) is 5.92 Å². The van der Waals surface area contributed by atoms with Gasteiger partial charge in [0.25, 0.3) is 0 Å². The predicted molar refractivity (Wildman–Crippen MR) is 129 cm³/mol. The summed E-state index contributed by atoms with van der Waals surface area (Å²) in [6.45, 7) is 6.53. The average Bonchev–Trinajstić information content (AvgIpc) is 2.76. The van der Waals surface area contributed by atoms with Gasteiger partial charge < -0.3 is 15.5 Å². The Morgan fingerprint density at radius 1 is 1.06 bits per heavy atom. The number of aliphatic hydroxyl groups is 2. The smallest absolute Gasteiger partial charge is 0.131 e. The van der Waals surface area contributed by atoms with Crippen molar-refractivity contribution in [1.29, 1.82) is 0 Å². The van der Waals surface area contributed by atoms with Crippen LogP contribution in [0.3, 0.4) is 0 Å². The van der Waals surface area contributed by atoms with Crippen molar-refractivity contribution in [2.45, 2.75) is 76.7 Å². The number of rotatable bonds is 6. The van der Waals surface area contributed by atoms with Gasteiger partial charge in [0.2, 0.25) is 0 Å². The molecular weight excluding hydrogens is 424 g/mol. The number of piperidine rings is 1. The van der Waals surface area contributed by atoms with Crippen LogP contribution in [0.2, 0.25) is 5.15 Å². The number of pyridine rings is 2. The fraction of sp³-hybridized carbons (Fsp3) is 0.600. The summed E-state index contributed by atoms with van der Waals surface area (Å²) in [7, 11) is 0. The lowest BCUT2D eigenvalue weighted by Gasteiger charge is -2.36. The van der Waals surface area contributed by atoms with E-state index < -0.39 is 5.60 Å². The minimum absolute atomic E-state index is 0.153. The quantitative estimate of drug-likeness (QED) is 0.553. The highest BCUT2D eigenvalue weighted by Gasteiger charge is 2.31. The highest BCUT2D eigenvalue weighted by atomic mass is 35.5. The monoisotopic (exact) mass is 458 g/mol. The SMILES string of the molecule is CC(C)(O)C1CCC(Nc2cc(Cl)ncc2-c2ccc(CN3CCC(O)CC3)cn2)CC1. The third kappa shape index (κ3) is 5.98. The van der Waals surface area contributed by atoms with E-state index >= 15 is 0 Å². The fourth-order valence-electron chi connectivity index (χ4n) is 4.93. The van der Waals surface area contributed by atoms with E-state index in [4.69, 9.17) is 16.6 Å². The van der Waals surface area contributed by atoms with Crippen LogP contribution in [0.5, 0.6) is 0 Å². The third-order valence-corrected chi connectivity index (χ3v) is 7.23. The molecule has 4 rings (SSSR count). The molecular formula is C25H35ClN4O2. The maximum atomic E-state index is 10.3. The molecule has 2 aliphatic rings. The molecule has 1 saturated heterocycles. The van der Waals surface area contributed by atoms with Crippen molar-refractivity contribution >= 4 is 17.3 Å². The Bertz CT molecular complexity index is 884. The Morgan fingerprint density at radius 2 is 1.78 bits per heavy atom. The Labute approximate surface area is 196 Å². The lowest BCUT2D eigenvalue weighted by atomic mass is 9.77. The van der Waals surface area contributed by atoms with Gasteiger partial charge in [0.05, 0.1) is 17.4 Å². The summed E-state index contributed by atoms with van der Waals surface area (Å²) < 4.78 is 0. The number of hydrogen-bond acceptors (Lipinski definition) is 6. The minimum Gasteiger partial charge on any atom is -0.393 e. The van der Waals surface area contributed by atoms with E-state index in [1.165, 1.54) is 5.56 Å². The molecule has 1 aliphatic carbocycles. The van der Waals surface area contributed by atoms with E-state index in [2.05, 4.69) is 27.3 Å². The van der Waals surface area contributed by atoms with Crippen LogP contribution in [0.4, 0.5) is 5.69 Å². The minimum atomic E-state index is -0.615. The maximum Gasteiger partial charge on any atom is 0.131 e. The number of nitrogens with one attached hydrogen (secondary N) is 1. The first kappa shape index (κ1) is 23.4. The van der Waals surface area contributed by atoms with Gasteiger partial charge in [-0.05, 0) is 76.0 Å². The van der Waals surface area contributed by atoms with Crippen molar-refractivity contribution in [2.75, 3.05) is 18.4 Å². The second-order valence-electron chi connectivity index (χ2n) is 9.96. The summed E-state index contributed by atoms with van der Waals surface area (Å²) in [6, 6.07) is 6.41. The second kappa shape index (κ2) is 10.0. The van der Waals surface area contributed by atoms with Crippen molar-refractivity contribution in [3.05, 3.63) is 41.3 Å². The molecule has 1 saturated carbocycles. The molecule has 2 aromatic heterocycles. The largest absolute Gasteiger partial charge is 0.393 e. The number of hydrogen-bond donors (Lipinski definition) is 3. The Kier molecular flexibility index (Phi) is 7.35. The molecule has 1 aliphatic heterocycles. The van der Waals surface area contributed by atoms with Crippen LogP contribution in [0.1, 0.15) is 57.9 Å². The van der Waals surface area contributed by atoms with E-state index in [0.29, 0.717) is 17.1 Å². The first-order chi connectivity index (χ1) is 15.3. The molecule has 7 heteroatoms. The van der Waals surface area contributed by atoms with Gasteiger partial charge in [-0.3, -0.25) is 9.88 Å². The zero-order valence-corrected chi connectivity index (χ0v) is 19.9. The standard InChI is InChI=1S/C25H35ClN4O2/c1-25(2,32)18-4-6-19(7-5-18)29-23-13-24(26)28-15-21(23)22-8-3-17(14-27-22)16-30-11-9-20(31)10-12-30/h3,8,13-15,18-20,31-32H,4-7,9-12,16H2,1-2H3,(H,28,29). The van der Waals surface area contributed by atoms with Gasteiger partial charge in [0, 0.05) is 49.3 Å². The molecule has 0 unspecified atom stereocenters. The van der Waals surface area contributed by atoms with Crippen LogP contribution in [0.25, 0.3) is 11.3 Å². The lowest BCUT2D eigenvalue weighted by Crippen LogP contribution is -2.37. The number of likely N-dealkylation sites (tertiary alicyclic amines) is 1. The molecule has 0 radical (unpaired) electrons. The first-order valence-electron chi connectivity index (χ1n) is 11.8. The molecule has 0 amide bonds. The van der Waals surface area contributed by atoms with Crippen molar-refractivity contribution < 1.29 is 10.2 Å². The van der Waals surface area contributed by atoms with Gasteiger partial charge in [-0.25, -0.2) is 4.98 Å². The Morgan fingerprint density at radius 3 is 2.41 bits per heavy atom. The van der Waals surface area contributed by atoms with E-state index in [1.807, 2.05) is 26.1 Å². The van der Waals surface area contributed by atoms with Crippen molar-refractivity contribution in [3.8, 4) is 11.3 Å². The molecule has 2 fully saturated rings. The van der Waals surface area contributed by atoms with E-state index in [1.54, 1.807) is 6.20 Å². The third-order valence-electron chi connectivity index (χ3n) is 7.02. The molecule has 0 aromatic carbocycles. The Balaban J connectivity index is 1.43. The van der Waals surface area contributed by atoms with Crippen LogP contribution >= 0.6 is 11.6 Å². The van der Waals surface area contributed by atoms with Crippen LogP contribution in [-0.2, 0) is 6.54 Å². The van der Waals surface area contributed by atoms with Gasteiger partial charge in [-0.2, -0.15) is 0 Å². The van der Waals surface area contributed by atoms with Gasteiger partial charge >= 0.3 is 0 Å². The summed E-state index contributed by atoms with van der Waals surface area (Å²) in [5, 5.41) is 24.1. The number of aliphatic hydroxyl groups excluding tert-OH is 1. The van der Waals surface area contributed by atoms with E-state index in [-0.39, 0.29) is 6.10 Å². The average molecular weight is 459 g/mol. The lowest BCUT2D eigenvalue weighted by molar-refractivity contribution is -0.000391. The highest BCUT2D eigenvalue weighted by molar-refractivity contribution is 6.29. The molecule has 3 N–H and O–H groups in total. The number of halogens is 1. The molecule has 0 atom stereocenters. The summed E-state index contributed by atoms with van der Waals surface area (Å²) in [6.07, 6.45) is 9.32. The van der Waals surface area contributed by atoms with Crippen molar-refractivity contribution in [3.63, 3.8) is 0 Å². The summed E-state index contributed by atoms with van der Waals surface area (Å²) in [4.78, 5) is 11.4. The maximum absolute atomic E-state index is 10.3. The number of nitrogens with zero attached hydrogens (tertiary/aromatic N) is 3. The van der Waals surface area contributed by atoms with Gasteiger partial charge in [-0.15, -0.1) is 0 Å². The fourth-order valence-corrected chi connectivity index (χ4v) is 5.09. The van der Waals surface area contributed by atoms with Gasteiger partial charge in [0.15, 0.2) is 0 Å². The second-order valence-corrected chi connectivity index (χ2v) is 10.3. The molecule has 6 nitrogen and oxygen atoms in total. The first-order valence-corrected chi connectivity index (χ1v) is 12.2. The van der Waals surface area contributed by atoms with Crippen LogP contribution in [0, 0.1) is 5.92 Å². The van der Waals surface area contributed by atoms with Crippen LogP contribution in [0.15, 0.2) is 30.6 Å². The van der Waals surface area contributed by atoms with Crippen LogP contribution in [-0.4, -0.2) is 55.9 Å². The van der Waals surface area contributed by atoms with Crippen molar-refractivity contribution in [1.82, 2.24) is 14.9 Å². The number of anilines is 1. The molecule has 174 valence electrons. The molecule has 3 heterocycles. The van der Waals surface area contributed by atoms with E-state index in [0.717, 1.165) is 75.1 Å². The number of aromatic nitrogens is 2. The van der Waals surface area contributed by atoms with Gasteiger partial charge in [-0.1, -0.05) is 17.7 Å². The Hall–Kier alpha value is -1.73. The zero-order valence-electron chi connectivity index (χ0n) is 19.1. The molecule has 0 spiro atoms. The highest BCUT2D eigenvalue weighted by Crippen LogP contribution is 2.35. The summed E-state index contributed by atoms with van der Waals surface area (Å²) >= 11 is 6.22. The van der Waals surface area contributed by atoms with Crippen LogP contribution < -0.4 is 5.32 Å². The molecule has 32 heavy (non-hydrogen) atoms. The van der Waals surface area contributed by atoms with Gasteiger partial charge in [0.1, 0.15) is 5.15 Å². The topological polar surface area (TPSA) is 81.5 Å². The van der Waals surface area contributed by atoms with E-state index in [9.17, 15) is 10.2 Å². The summed E-state index contributed by atoms with van der Waals surface area (Å²) in [5.74, 6) is 0.346. The summed E-state index contributed by atoms with van der Waals surface area (Å²) in [5.41, 5.74) is 3.34.